The molecular formula is C64H40N2. The maximum absolute atomic E-state index is 2.46. The number of hydrogen-bond acceptors (Lipinski definition) is 0. The van der Waals surface area contributed by atoms with E-state index in [1.165, 1.54) is 120 Å². The Morgan fingerprint density at radius 1 is 0.212 bits per heavy atom. The predicted octanol–water partition coefficient (Wildman–Crippen LogP) is 17.5. The van der Waals surface area contributed by atoms with Gasteiger partial charge in [0.2, 0.25) is 0 Å². The summed E-state index contributed by atoms with van der Waals surface area (Å²) in [5.41, 5.74) is 14.3. The largest absolute Gasteiger partial charge is 0.309 e. The molecule has 0 unspecified atom stereocenters. The third-order valence-corrected chi connectivity index (χ3v) is 14.1. The minimum absolute atomic E-state index is 1.14. The third-order valence-electron chi connectivity index (χ3n) is 14.1. The monoisotopic (exact) mass is 836 g/mol. The van der Waals surface area contributed by atoms with E-state index in [4.69, 9.17) is 0 Å². The van der Waals surface area contributed by atoms with Crippen LogP contribution in [0.25, 0.3) is 131 Å². The summed E-state index contributed by atoms with van der Waals surface area (Å²) < 4.78 is 4.90. The van der Waals surface area contributed by atoms with Crippen molar-refractivity contribution in [3.63, 3.8) is 0 Å². The van der Waals surface area contributed by atoms with Crippen LogP contribution >= 0.6 is 0 Å². The van der Waals surface area contributed by atoms with Gasteiger partial charge in [0.15, 0.2) is 0 Å². The van der Waals surface area contributed by atoms with Crippen LogP contribution in [-0.2, 0) is 0 Å². The summed E-state index contributed by atoms with van der Waals surface area (Å²) in [6.07, 6.45) is 0. The standard InChI is InChI=1S/C64H40N2/c1-2-17-43-37-45(32-31-41(43)15-1)44-19-13-20-46(38-44)63-55-35-33-48(66-61-29-11-7-24-52(61)53-25-8-12-30-62(53)66)40-58(55)64(54-26-14-18-42-16-3-4-21-49(42)54)56-36-34-47(39-57(56)63)65-59-27-9-5-22-50(59)51-23-6-10-28-60(51)65/h1-40H. The molecule has 0 fully saturated rings. The van der Waals surface area contributed by atoms with E-state index in [9.17, 15) is 0 Å². The van der Waals surface area contributed by atoms with Gasteiger partial charge in [0.1, 0.15) is 0 Å². The van der Waals surface area contributed by atoms with E-state index >= 15 is 0 Å². The molecule has 12 aromatic carbocycles. The molecule has 2 heterocycles. The van der Waals surface area contributed by atoms with Crippen molar-refractivity contribution in [2.45, 2.75) is 0 Å². The Morgan fingerprint density at radius 3 is 1.26 bits per heavy atom. The lowest BCUT2D eigenvalue weighted by Gasteiger charge is -2.21. The predicted molar refractivity (Wildman–Crippen MR) is 281 cm³/mol. The third kappa shape index (κ3) is 5.49. The van der Waals surface area contributed by atoms with Crippen LogP contribution in [0.15, 0.2) is 243 Å². The topological polar surface area (TPSA) is 9.86 Å². The molecule has 0 amide bonds. The van der Waals surface area contributed by atoms with Crippen LogP contribution < -0.4 is 0 Å². The Labute approximate surface area is 381 Å². The molecule has 2 heteroatoms. The summed E-state index contributed by atoms with van der Waals surface area (Å²) in [5.74, 6) is 0. The fourth-order valence-corrected chi connectivity index (χ4v) is 11.2. The SMILES string of the molecule is c1cc(-c2ccc3ccccc3c2)cc(-c2c3cc(-n4c5ccccc5c5ccccc54)ccc3c(-c3cccc4ccccc34)c3cc(-n4c5ccccc5c5ccccc54)ccc23)c1. The molecule has 0 saturated heterocycles. The molecule has 0 aliphatic heterocycles. The number of hydrogen-bond donors (Lipinski definition) is 0. The minimum atomic E-state index is 1.14. The van der Waals surface area contributed by atoms with Crippen LogP contribution in [0, 0.1) is 0 Å². The maximum Gasteiger partial charge on any atom is 0.0541 e. The Morgan fingerprint density at radius 2 is 0.652 bits per heavy atom. The smallest absolute Gasteiger partial charge is 0.0541 e. The van der Waals surface area contributed by atoms with Crippen LogP contribution in [0.1, 0.15) is 0 Å². The molecule has 306 valence electrons. The lowest BCUT2D eigenvalue weighted by Crippen LogP contribution is -1.98. The Kier molecular flexibility index (Phi) is 8.02. The maximum atomic E-state index is 2.46. The van der Waals surface area contributed by atoms with E-state index in [-0.39, 0.29) is 0 Å². The molecule has 14 aromatic rings. The van der Waals surface area contributed by atoms with E-state index in [0.717, 1.165) is 11.4 Å². The number of benzene rings is 12. The Bertz CT molecular complexity index is 4180. The van der Waals surface area contributed by atoms with Crippen molar-refractivity contribution in [1.29, 1.82) is 0 Å². The number of fused-ring (bicyclic) bond motifs is 10. The zero-order chi connectivity index (χ0) is 43.3. The van der Waals surface area contributed by atoms with E-state index in [1.807, 2.05) is 0 Å². The van der Waals surface area contributed by atoms with Crippen LogP contribution in [-0.4, -0.2) is 9.13 Å². The first kappa shape index (κ1) is 36.7. The van der Waals surface area contributed by atoms with Gasteiger partial charge in [-0.15, -0.1) is 0 Å². The quantitative estimate of drug-likeness (QED) is 0.153. The molecule has 14 rings (SSSR count). The molecule has 0 saturated carbocycles. The van der Waals surface area contributed by atoms with Crippen LogP contribution in [0.4, 0.5) is 0 Å². The highest BCUT2D eigenvalue weighted by molar-refractivity contribution is 6.25. The van der Waals surface area contributed by atoms with Crippen molar-refractivity contribution in [3.05, 3.63) is 243 Å². The molecule has 0 aliphatic carbocycles. The van der Waals surface area contributed by atoms with E-state index < -0.39 is 0 Å². The van der Waals surface area contributed by atoms with Crippen LogP contribution in [0.5, 0.6) is 0 Å². The van der Waals surface area contributed by atoms with Gasteiger partial charge in [-0.1, -0.05) is 182 Å². The molecular weight excluding hydrogens is 797 g/mol. The van der Waals surface area contributed by atoms with Gasteiger partial charge in [0.05, 0.1) is 22.1 Å². The molecule has 0 aliphatic rings. The fourth-order valence-electron chi connectivity index (χ4n) is 11.2. The summed E-state index contributed by atoms with van der Waals surface area (Å²) in [5, 5.41) is 14.8. The van der Waals surface area contributed by atoms with Gasteiger partial charge in [-0.3, -0.25) is 0 Å². The lowest BCUT2D eigenvalue weighted by molar-refractivity contribution is 1.18. The number of nitrogens with zero attached hydrogens (tertiary/aromatic N) is 2. The summed E-state index contributed by atoms with van der Waals surface area (Å²) in [6, 6.07) is 89.9. The van der Waals surface area contributed by atoms with E-state index in [1.54, 1.807) is 0 Å². The summed E-state index contributed by atoms with van der Waals surface area (Å²) in [6.45, 7) is 0. The highest BCUT2D eigenvalue weighted by Gasteiger charge is 2.22. The summed E-state index contributed by atoms with van der Waals surface area (Å²) >= 11 is 0. The molecule has 66 heavy (non-hydrogen) atoms. The molecule has 2 aromatic heterocycles. The van der Waals surface area contributed by atoms with Crippen molar-refractivity contribution < 1.29 is 0 Å². The first-order valence-electron chi connectivity index (χ1n) is 22.8. The molecule has 0 spiro atoms. The van der Waals surface area contributed by atoms with Gasteiger partial charge in [-0.25, -0.2) is 0 Å². The van der Waals surface area contributed by atoms with E-state index in [0.29, 0.717) is 0 Å². The number of rotatable bonds is 5. The van der Waals surface area contributed by atoms with Crippen molar-refractivity contribution in [2.24, 2.45) is 0 Å². The van der Waals surface area contributed by atoms with Crippen LogP contribution in [0.3, 0.4) is 0 Å². The Hall–Kier alpha value is -8.72. The molecule has 0 bridgehead atoms. The van der Waals surface area contributed by atoms with Crippen molar-refractivity contribution in [2.75, 3.05) is 0 Å². The number of aromatic nitrogens is 2. The molecule has 0 radical (unpaired) electrons. The number of para-hydroxylation sites is 4. The molecule has 2 nitrogen and oxygen atoms in total. The summed E-state index contributed by atoms with van der Waals surface area (Å²) in [7, 11) is 0. The second-order valence-corrected chi connectivity index (χ2v) is 17.6. The first-order chi connectivity index (χ1) is 32.7. The minimum Gasteiger partial charge on any atom is -0.309 e. The molecule has 0 N–H and O–H groups in total. The van der Waals surface area contributed by atoms with Gasteiger partial charge in [-0.05, 0) is 137 Å². The highest BCUT2D eigenvalue weighted by atomic mass is 15.0. The van der Waals surface area contributed by atoms with Crippen LogP contribution in [0.2, 0.25) is 0 Å². The van der Waals surface area contributed by atoms with Crippen molar-refractivity contribution >= 4 is 86.7 Å². The molecule has 0 atom stereocenters. The van der Waals surface area contributed by atoms with Crippen molar-refractivity contribution in [1.82, 2.24) is 9.13 Å². The van der Waals surface area contributed by atoms with Gasteiger partial charge < -0.3 is 9.13 Å². The average molecular weight is 837 g/mol. The zero-order valence-corrected chi connectivity index (χ0v) is 36.0. The second kappa shape index (κ2) is 14.4. The Balaban J connectivity index is 1.13. The fraction of sp³-hybridized carbons (Fsp3) is 0. The normalized spacial score (nSPS) is 11.9. The summed E-state index contributed by atoms with van der Waals surface area (Å²) in [4.78, 5) is 0. The second-order valence-electron chi connectivity index (χ2n) is 17.6. The van der Waals surface area contributed by atoms with Crippen molar-refractivity contribution in [3.8, 4) is 44.8 Å². The average Bonchev–Trinajstić information content (AvgIpc) is 3.90. The van der Waals surface area contributed by atoms with Gasteiger partial charge in [0, 0.05) is 32.9 Å². The highest BCUT2D eigenvalue weighted by Crippen LogP contribution is 2.48. The van der Waals surface area contributed by atoms with E-state index in [2.05, 4.69) is 252 Å². The van der Waals surface area contributed by atoms with Gasteiger partial charge >= 0.3 is 0 Å². The zero-order valence-electron chi connectivity index (χ0n) is 36.0. The van der Waals surface area contributed by atoms with Gasteiger partial charge in [-0.2, -0.15) is 0 Å². The van der Waals surface area contributed by atoms with Gasteiger partial charge in [0.25, 0.3) is 0 Å². The first-order valence-corrected chi connectivity index (χ1v) is 22.8. The lowest BCUT2D eigenvalue weighted by atomic mass is 9.84.